The van der Waals surface area contributed by atoms with Crippen molar-refractivity contribution in [1.29, 1.82) is 0 Å². The van der Waals surface area contributed by atoms with Gasteiger partial charge in [-0.2, -0.15) is 15.0 Å². The zero-order chi connectivity index (χ0) is 28.3. The molecule has 6 rings (SSSR count). The van der Waals surface area contributed by atoms with Crippen molar-refractivity contribution in [1.82, 2.24) is 19.9 Å². The minimum absolute atomic E-state index is 0.0845. The number of piperidine rings is 1. The molecule has 2 heterocycles. The number of Topliss-reactive ketones (excluding diaryl/α,β-unsaturated/α-hetero) is 1. The molecule has 1 aromatic heterocycles. The Morgan fingerprint density at radius 2 is 1.57 bits per heavy atom. The van der Waals surface area contributed by atoms with Crippen LogP contribution in [0.15, 0.2) is 66.5 Å². The molecule has 0 radical (unpaired) electrons. The molecule has 2 aromatic carbocycles. The summed E-state index contributed by atoms with van der Waals surface area (Å²) in [7, 11) is 0. The Hall–Kier alpha value is -3.41. The second-order valence-corrected chi connectivity index (χ2v) is 10.3. The van der Waals surface area contributed by atoms with Gasteiger partial charge < -0.3 is 9.64 Å². The molecule has 0 spiro atoms. The Labute approximate surface area is 240 Å². The van der Waals surface area contributed by atoms with E-state index in [1.165, 1.54) is 36.1 Å². The Bertz CT molecular complexity index is 1240. The van der Waals surface area contributed by atoms with Crippen LogP contribution in [0, 0.1) is 5.92 Å². The Morgan fingerprint density at radius 1 is 0.850 bits per heavy atom. The number of aromatic nitrogens is 3. The summed E-state index contributed by atoms with van der Waals surface area (Å²) in [4.78, 5) is 17.2. The lowest BCUT2D eigenvalue weighted by Gasteiger charge is -2.39. The van der Waals surface area contributed by atoms with E-state index in [0.29, 0.717) is 0 Å². The molecule has 0 bridgehead atoms. The molecule has 1 aliphatic heterocycles. The van der Waals surface area contributed by atoms with Crippen LogP contribution in [0.1, 0.15) is 101 Å². The first kappa shape index (κ1) is 29.6. The lowest BCUT2D eigenvalue weighted by atomic mass is 9.86. The molecule has 3 aliphatic rings. The van der Waals surface area contributed by atoms with E-state index in [2.05, 4.69) is 33.3 Å². The average molecular weight is 543 g/mol. The number of hydrogen-bond acceptors (Lipinski definition) is 5. The van der Waals surface area contributed by atoms with E-state index in [9.17, 15) is 4.79 Å². The van der Waals surface area contributed by atoms with Crippen molar-refractivity contribution < 1.29 is 9.53 Å². The molecule has 1 unspecified atom stereocenters. The first-order valence-electron chi connectivity index (χ1n) is 15.5. The van der Waals surface area contributed by atoms with Crippen LogP contribution in [-0.4, -0.2) is 44.9 Å². The van der Waals surface area contributed by atoms with Gasteiger partial charge in [0, 0.05) is 29.3 Å². The monoisotopic (exact) mass is 542 g/mol. The van der Waals surface area contributed by atoms with Crippen LogP contribution in [0.2, 0.25) is 0 Å². The summed E-state index contributed by atoms with van der Waals surface area (Å²) in [6, 6.07) is 16.3. The van der Waals surface area contributed by atoms with Gasteiger partial charge in [-0.1, -0.05) is 70.9 Å². The molecule has 6 nitrogen and oxygen atoms in total. The standard InChI is InChI=1S/C30H34N4O2.2C2H6/c35-30(23-8-1-2-9-23)24-12-6-13-25(20-24)36-26-14-7-19-33(21-26)29(22-10-5-11-22)27-15-3-4-16-28(27)34-31-17-18-32-34;2*1-2/h3-4,6,12-13,15-18,20,23,26H,1-2,5,7-11,14,19,21H2;2*1-2H3. The number of hydrogen-bond donors (Lipinski definition) is 0. The third-order valence-electron chi connectivity index (χ3n) is 7.93. The number of ketones is 1. The second kappa shape index (κ2) is 14.8. The first-order chi connectivity index (χ1) is 19.8. The molecule has 40 heavy (non-hydrogen) atoms. The number of nitrogens with zero attached hydrogens (tertiary/aromatic N) is 4. The quantitative estimate of drug-likeness (QED) is 0.282. The summed E-state index contributed by atoms with van der Waals surface area (Å²) in [6.45, 7) is 9.85. The number of allylic oxidation sites excluding steroid dienone is 1. The van der Waals surface area contributed by atoms with Gasteiger partial charge in [0.05, 0.1) is 24.6 Å². The average Bonchev–Trinajstić information content (AvgIpc) is 3.72. The molecule has 0 amide bonds. The highest BCUT2D eigenvalue weighted by Crippen LogP contribution is 2.39. The van der Waals surface area contributed by atoms with Crippen molar-refractivity contribution in [2.24, 2.45) is 5.92 Å². The molecule has 6 heteroatoms. The van der Waals surface area contributed by atoms with Crippen molar-refractivity contribution in [2.45, 2.75) is 91.6 Å². The summed E-state index contributed by atoms with van der Waals surface area (Å²) in [5.74, 6) is 1.28. The van der Waals surface area contributed by atoms with E-state index in [4.69, 9.17) is 4.74 Å². The van der Waals surface area contributed by atoms with Crippen LogP contribution in [-0.2, 0) is 0 Å². The van der Waals surface area contributed by atoms with Crippen LogP contribution in [0.3, 0.4) is 0 Å². The molecule has 3 aromatic rings. The predicted molar refractivity (Wildman–Crippen MR) is 163 cm³/mol. The van der Waals surface area contributed by atoms with Crippen molar-refractivity contribution in [3.8, 4) is 11.4 Å². The topological polar surface area (TPSA) is 60.2 Å². The first-order valence-corrected chi connectivity index (χ1v) is 15.5. The third kappa shape index (κ3) is 6.83. The molecule has 1 atom stereocenters. The van der Waals surface area contributed by atoms with E-state index < -0.39 is 0 Å². The minimum atomic E-state index is 0.0845. The summed E-state index contributed by atoms with van der Waals surface area (Å²) >= 11 is 0. The molecule has 214 valence electrons. The summed E-state index contributed by atoms with van der Waals surface area (Å²) in [5.41, 5.74) is 5.84. The fraction of sp³-hybridized carbons (Fsp3) is 0.500. The number of likely N-dealkylation sites (tertiary alicyclic amines) is 1. The molecule has 0 N–H and O–H groups in total. The Balaban J connectivity index is 0.000000886. The maximum atomic E-state index is 13.0. The van der Waals surface area contributed by atoms with Gasteiger partial charge in [0.2, 0.25) is 0 Å². The number of ether oxygens (including phenoxy) is 1. The zero-order valence-electron chi connectivity index (χ0n) is 24.8. The molecule has 1 saturated heterocycles. The third-order valence-corrected chi connectivity index (χ3v) is 7.93. The number of carbonyl (C=O) groups is 1. The Kier molecular flexibility index (Phi) is 11.0. The van der Waals surface area contributed by atoms with Crippen LogP contribution in [0.25, 0.3) is 11.4 Å². The molecule has 2 aliphatic carbocycles. The maximum Gasteiger partial charge on any atom is 0.166 e. The summed E-state index contributed by atoms with van der Waals surface area (Å²) in [5, 5.41) is 8.82. The van der Waals surface area contributed by atoms with E-state index in [1.807, 2.05) is 58.0 Å². The lowest BCUT2D eigenvalue weighted by Crippen LogP contribution is -2.41. The summed E-state index contributed by atoms with van der Waals surface area (Å²) in [6.07, 6.45) is 13.5. The fourth-order valence-electron chi connectivity index (χ4n) is 5.94. The lowest BCUT2D eigenvalue weighted by molar-refractivity contribution is 0.0920. The number of rotatable bonds is 7. The zero-order valence-corrected chi connectivity index (χ0v) is 24.8. The highest BCUT2D eigenvalue weighted by Gasteiger charge is 2.29. The van der Waals surface area contributed by atoms with Gasteiger partial charge in [-0.05, 0) is 68.7 Å². The highest BCUT2D eigenvalue weighted by molar-refractivity contribution is 5.98. The highest BCUT2D eigenvalue weighted by atomic mass is 16.5. The van der Waals surface area contributed by atoms with Crippen LogP contribution in [0.4, 0.5) is 0 Å². The molecule has 2 saturated carbocycles. The van der Waals surface area contributed by atoms with Crippen LogP contribution >= 0.6 is 0 Å². The van der Waals surface area contributed by atoms with Crippen molar-refractivity contribution >= 4 is 11.5 Å². The van der Waals surface area contributed by atoms with Gasteiger partial charge in [0.15, 0.2) is 5.78 Å². The minimum Gasteiger partial charge on any atom is -0.489 e. The number of carbonyl (C=O) groups excluding carboxylic acids is 1. The largest absolute Gasteiger partial charge is 0.489 e. The normalized spacial score (nSPS) is 18.6. The van der Waals surface area contributed by atoms with Gasteiger partial charge in [-0.3, -0.25) is 4.79 Å². The van der Waals surface area contributed by atoms with E-state index >= 15 is 0 Å². The van der Waals surface area contributed by atoms with Gasteiger partial charge in [0.25, 0.3) is 0 Å². The number of benzene rings is 2. The molecular formula is C34H46N4O2. The van der Waals surface area contributed by atoms with Crippen LogP contribution in [0.5, 0.6) is 5.75 Å². The predicted octanol–water partition coefficient (Wildman–Crippen LogP) is 8.13. The SMILES string of the molecule is CC.CC.O=C(c1cccc(OC2CCCN(C(=C3CCC3)c3ccccc3-n3nccn3)C2)c1)C1CCCC1. The van der Waals surface area contributed by atoms with Crippen LogP contribution < -0.4 is 4.74 Å². The number of para-hydroxylation sites is 1. The Morgan fingerprint density at radius 3 is 2.27 bits per heavy atom. The molecular weight excluding hydrogens is 496 g/mol. The van der Waals surface area contributed by atoms with E-state index in [1.54, 1.807) is 17.2 Å². The van der Waals surface area contributed by atoms with E-state index in [0.717, 1.165) is 68.6 Å². The van der Waals surface area contributed by atoms with Gasteiger partial charge >= 0.3 is 0 Å². The van der Waals surface area contributed by atoms with Crippen molar-refractivity contribution in [2.75, 3.05) is 13.1 Å². The maximum absolute atomic E-state index is 13.0. The van der Waals surface area contributed by atoms with Crippen molar-refractivity contribution in [3.63, 3.8) is 0 Å². The van der Waals surface area contributed by atoms with E-state index in [-0.39, 0.29) is 17.8 Å². The molecule has 3 fully saturated rings. The smallest absolute Gasteiger partial charge is 0.166 e. The van der Waals surface area contributed by atoms with Gasteiger partial charge in [-0.15, -0.1) is 0 Å². The van der Waals surface area contributed by atoms with Gasteiger partial charge in [-0.25, -0.2) is 0 Å². The second-order valence-electron chi connectivity index (χ2n) is 10.3. The fourth-order valence-corrected chi connectivity index (χ4v) is 5.94. The van der Waals surface area contributed by atoms with Crippen molar-refractivity contribution in [3.05, 3.63) is 77.6 Å². The summed E-state index contributed by atoms with van der Waals surface area (Å²) < 4.78 is 6.51. The van der Waals surface area contributed by atoms with Gasteiger partial charge in [0.1, 0.15) is 11.9 Å².